The van der Waals surface area contributed by atoms with E-state index in [1.165, 1.54) is 6.07 Å². The summed E-state index contributed by atoms with van der Waals surface area (Å²) in [6, 6.07) is 10.4. The van der Waals surface area contributed by atoms with E-state index in [-0.39, 0.29) is 36.2 Å². The Kier molecular flexibility index (Phi) is 6.08. The predicted octanol–water partition coefficient (Wildman–Crippen LogP) is 3.89. The van der Waals surface area contributed by atoms with Gasteiger partial charge >= 0.3 is 0 Å². The molecule has 0 bridgehead atoms. The second-order valence-electron chi connectivity index (χ2n) is 7.05. The molecule has 0 aromatic heterocycles. The molecule has 1 heterocycles. The van der Waals surface area contributed by atoms with E-state index >= 15 is 0 Å². The molecule has 1 aliphatic heterocycles. The topological polar surface area (TPSA) is 58.6 Å². The van der Waals surface area contributed by atoms with Crippen LogP contribution in [0.4, 0.5) is 14.5 Å². The Bertz CT molecular complexity index is 969. The van der Waals surface area contributed by atoms with Crippen molar-refractivity contribution in [1.82, 2.24) is 4.90 Å². The maximum atomic E-state index is 13.6. The SMILES string of the molecule is Cc1ccc(C2=C(Nc3ccc(F)c(F)c3)C(=O)N(CCOC(C)C)C2=O)cc1. The fourth-order valence-corrected chi connectivity index (χ4v) is 2.98. The Morgan fingerprint density at radius 3 is 2.31 bits per heavy atom. The summed E-state index contributed by atoms with van der Waals surface area (Å²) < 4.78 is 32.3. The number of carbonyl (C=O) groups is 2. The molecule has 1 aliphatic rings. The molecule has 0 spiro atoms. The van der Waals surface area contributed by atoms with E-state index < -0.39 is 23.4 Å². The van der Waals surface area contributed by atoms with Crippen molar-refractivity contribution in [3.63, 3.8) is 0 Å². The van der Waals surface area contributed by atoms with E-state index in [1.54, 1.807) is 12.1 Å². The van der Waals surface area contributed by atoms with E-state index in [4.69, 9.17) is 4.74 Å². The average Bonchev–Trinajstić information content (AvgIpc) is 2.89. The van der Waals surface area contributed by atoms with Crippen LogP contribution < -0.4 is 5.32 Å². The molecule has 0 unspecified atom stereocenters. The number of imide groups is 1. The van der Waals surface area contributed by atoms with Crippen LogP contribution in [0.2, 0.25) is 0 Å². The summed E-state index contributed by atoms with van der Waals surface area (Å²) >= 11 is 0. The molecular formula is C22H22F2N2O3. The summed E-state index contributed by atoms with van der Waals surface area (Å²) in [6.45, 7) is 5.93. The summed E-state index contributed by atoms with van der Waals surface area (Å²) in [4.78, 5) is 27.1. The van der Waals surface area contributed by atoms with Gasteiger partial charge in [0.2, 0.25) is 0 Å². The third-order valence-corrected chi connectivity index (χ3v) is 4.46. The minimum Gasteiger partial charge on any atom is -0.377 e. The average molecular weight is 400 g/mol. The molecule has 2 aromatic carbocycles. The third kappa shape index (κ3) is 4.51. The Morgan fingerprint density at radius 2 is 1.69 bits per heavy atom. The molecule has 0 saturated carbocycles. The van der Waals surface area contributed by atoms with Crippen molar-refractivity contribution in [3.05, 3.63) is 70.9 Å². The monoisotopic (exact) mass is 400 g/mol. The molecule has 3 rings (SSSR count). The highest BCUT2D eigenvalue weighted by molar-refractivity contribution is 6.36. The predicted molar refractivity (Wildman–Crippen MR) is 106 cm³/mol. The minimum absolute atomic E-state index is 0.0226. The van der Waals surface area contributed by atoms with Gasteiger partial charge in [-0.25, -0.2) is 8.78 Å². The number of anilines is 1. The molecule has 0 aliphatic carbocycles. The first kappa shape index (κ1) is 20.7. The lowest BCUT2D eigenvalue weighted by Crippen LogP contribution is -2.35. The molecule has 29 heavy (non-hydrogen) atoms. The highest BCUT2D eigenvalue weighted by Gasteiger charge is 2.39. The Hall–Kier alpha value is -3.06. The van der Waals surface area contributed by atoms with Gasteiger partial charge in [-0.2, -0.15) is 0 Å². The molecule has 0 radical (unpaired) electrons. The van der Waals surface area contributed by atoms with E-state index in [2.05, 4.69) is 5.32 Å². The molecule has 0 saturated heterocycles. The standard InChI is InChI=1S/C22H22F2N2O3/c1-13(2)29-11-10-26-21(27)19(15-6-4-14(3)5-7-15)20(22(26)28)25-16-8-9-17(23)18(24)12-16/h4-9,12-13,25H,10-11H2,1-3H3. The number of hydrogen-bond acceptors (Lipinski definition) is 4. The van der Waals surface area contributed by atoms with Crippen LogP contribution >= 0.6 is 0 Å². The number of amides is 2. The van der Waals surface area contributed by atoms with E-state index in [9.17, 15) is 18.4 Å². The van der Waals surface area contributed by atoms with Crippen molar-refractivity contribution in [2.45, 2.75) is 26.9 Å². The number of hydrogen-bond donors (Lipinski definition) is 1. The molecule has 0 atom stereocenters. The van der Waals surface area contributed by atoms with Gasteiger partial charge in [-0.05, 0) is 38.5 Å². The molecule has 2 amide bonds. The largest absolute Gasteiger partial charge is 0.377 e. The zero-order valence-corrected chi connectivity index (χ0v) is 16.5. The zero-order chi connectivity index (χ0) is 21.1. The van der Waals surface area contributed by atoms with Gasteiger partial charge in [-0.15, -0.1) is 0 Å². The summed E-state index contributed by atoms with van der Waals surface area (Å²) in [7, 11) is 0. The van der Waals surface area contributed by atoms with Crippen molar-refractivity contribution < 1.29 is 23.1 Å². The van der Waals surface area contributed by atoms with Gasteiger partial charge in [0.25, 0.3) is 11.8 Å². The van der Waals surface area contributed by atoms with Crippen molar-refractivity contribution in [1.29, 1.82) is 0 Å². The third-order valence-electron chi connectivity index (χ3n) is 4.46. The Morgan fingerprint density at radius 1 is 1.00 bits per heavy atom. The highest BCUT2D eigenvalue weighted by atomic mass is 19.2. The number of rotatable bonds is 7. The summed E-state index contributed by atoms with van der Waals surface area (Å²) in [5.41, 5.74) is 1.94. The van der Waals surface area contributed by atoms with Crippen molar-refractivity contribution in [3.8, 4) is 0 Å². The van der Waals surface area contributed by atoms with E-state index in [0.717, 1.165) is 22.6 Å². The number of benzene rings is 2. The number of aryl methyl sites for hydroxylation is 1. The lowest BCUT2D eigenvalue weighted by atomic mass is 10.0. The van der Waals surface area contributed by atoms with Gasteiger partial charge < -0.3 is 10.1 Å². The van der Waals surface area contributed by atoms with Gasteiger partial charge in [-0.3, -0.25) is 14.5 Å². The second kappa shape index (κ2) is 8.53. The van der Waals surface area contributed by atoms with Crippen LogP contribution in [-0.4, -0.2) is 36.0 Å². The van der Waals surface area contributed by atoms with Crippen molar-refractivity contribution in [2.24, 2.45) is 0 Å². The van der Waals surface area contributed by atoms with Gasteiger partial charge in [0.15, 0.2) is 11.6 Å². The fourth-order valence-electron chi connectivity index (χ4n) is 2.98. The highest BCUT2D eigenvalue weighted by Crippen LogP contribution is 2.31. The minimum atomic E-state index is -1.05. The molecule has 0 fully saturated rings. The lowest BCUT2D eigenvalue weighted by molar-refractivity contribution is -0.137. The summed E-state index contributed by atoms with van der Waals surface area (Å²) in [6.07, 6.45) is -0.0351. The number of carbonyl (C=O) groups excluding carboxylic acids is 2. The van der Waals surface area contributed by atoms with Crippen LogP contribution in [0.25, 0.3) is 5.57 Å². The van der Waals surface area contributed by atoms with Crippen LogP contribution in [0, 0.1) is 18.6 Å². The first-order chi connectivity index (χ1) is 13.8. The van der Waals surface area contributed by atoms with Gasteiger partial charge in [0.05, 0.1) is 24.8 Å². The number of halogens is 2. The normalized spacial score (nSPS) is 14.3. The lowest BCUT2D eigenvalue weighted by Gasteiger charge is -2.16. The van der Waals surface area contributed by atoms with Gasteiger partial charge in [0, 0.05) is 11.8 Å². The Labute approximate surface area is 168 Å². The van der Waals surface area contributed by atoms with Crippen LogP contribution in [0.15, 0.2) is 48.2 Å². The van der Waals surface area contributed by atoms with Crippen LogP contribution in [-0.2, 0) is 14.3 Å². The molecule has 5 nitrogen and oxygen atoms in total. The molecular weight excluding hydrogens is 378 g/mol. The van der Waals surface area contributed by atoms with Gasteiger partial charge in [-0.1, -0.05) is 29.8 Å². The first-order valence-electron chi connectivity index (χ1n) is 9.29. The smallest absolute Gasteiger partial charge is 0.278 e. The number of nitrogens with one attached hydrogen (secondary N) is 1. The van der Waals surface area contributed by atoms with Crippen molar-refractivity contribution >= 4 is 23.1 Å². The van der Waals surface area contributed by atoms with Crippen LogP contribution in [0.3, 0.4) is 0 Å². The van der Waals surface area contributed by atoms with Crippen molar-refractivity contribution in [2.75, 3.05) is 18.5 Å². The van der Waals surface area contributed by atoms with Crippen LogP contribution in [0.5, 0.6) is 0 Å². The van der Waals surface area contributed by atoms with E-state index in [1.807, 2.05) is 32.9 Å². The number of nitrogens with zero attached hydrogens (tertiary/aromatic N) is 1. The van der Waals surface area contributed by atoms with Gasteiger partial charge in [0.1, 0.15) is 5.70 Å². The maximum absolute atomic E-state index is 13.6. The van der Waals surface area contributed by atoms with Crippen LogP contribution in [0.1, 0.15) is 25.0 Å². The first-order valence-corrected chi connectivity index (χ1v) is 9.29. The number of ether oxygens (including phenoxy) is 1. The maximum Gasteiger partial charge on any atom is 0.278 e. The summed E-state index contributed by atoms with van der Waals surface area (Å²) in [5, 5.41) is 2.80. The fraction of sp³-hybridized carbons (Fsp3) is 0.273. The molecule has 2 aromatic rings. The second-order valence-corrected chi connectivity index (χ2v) is 7.05. The Balaban J connectivity index is 1.97. The zero-order valence-electron chi connectivity index (χ0n) is 16.5. The molecule has 152 valence electrons. The van der Waals surface area contributed by atoms with E-state index in [0.29, 0.717) is 5.56 Å². The quantitative estimate of drug-likeness (QED) is 0.717. The molecule has 7 heteroatoms. The molecule has 1 N–H and O–H groups in total. The summed E-state index contributed by atoms with van der Waals surface area (Å²) in [5.74, 6) is -3.05.